The molecule has 0 aromatic heterocycles. The quantitative estimate of drug-likeness (QED) is 0.243. The zero-order valence-electron chi connectivity index (χ0n) is 18.0. The number of alkyl carbamates (subject to hydrolysis) is 1. The second-order valence-electron chi connectivity index (χ2n) is 8.42. The van der Waals surface area contributed by atoms with Gasteiger partial charge in [-0.2, -0.15) is 4.72 Å². The van der Waals surface area contributed by atoms with Gasteiger partial charge in [-0.1, -0.05) is 0 Å². The van der Waals surface area contributed by atoms with Crippen molar-refractivity contribution in [3.05, 3.63) is 22.3 Å². The number of sulfonamides is 1. The number of rotatable bonds is 8. The molecule has 3 rings (SSSR count). The van der Waals surface area contributed by atoms with E-state index < -0.39 is 28.1 Å². The SMILES string of the molecule is Cc1c(C)c(S(=O)(=O)NCNCCC[C@@H]2NC(=O)OC2=O)c(C)c2c1OC(C)(C)C2. The molecule has 2 aliphatic rings. The Morgan fingerprint density at radius 1 is 1.13 bits per heavy atom. The molecule has 0 unspecified atom stereocenters. The maximum absolute atomic E-state index is 13.0. The van der Waals surface area contributed by atoms with Crippen molar-refractivity contribution in [1.82, 2.24) is 15.4 Å². The summed E-state index contributed by atoms with van der Waals surface area (Å²) in [7, 11) is -3.72. The Labute approximate surface area is 176 Å². The molecule has 0 aliphatic carbocycles. The van der Waals surface area contributed by atoms with E-state index in [0.717, 1.165) is 22.4 Å². The van der Waals surface area contributed by atoms with Crippen LogP contribution in [0.1, 0.15) is 48.9 Å². The summed E-state index contributed by atoms with van der Waals surface area (Å²) in [6.07, 6.45) is 0.929. The summed E-state index contributed by atoms with van der Waals surface area (Å²) in [5.74, 6) is 0.218. The van der Waals surface area contributed by atoms with E-state index >= 15 is 0 Å². The van der Waals surface area contributed by atoms with Crippen LogP contribution in [0.15, 0.2) is 4.90 Å². The van der Waals surface area contributed by atoms with Gasteiger partial charge in [-0.25, -0.2) is 18.0 Å². The monoisotopic (exact) mass is 439 g/mol. The van der Waals surface area contributed by atoms with E-state index in [1.165, 1.54) is 0 Å². The number of carbonyl (C=O) groups is 2. The highest BCUT2D eigenvalue weighted by Gasteiger charge is 2.36. The normalized spacial score (nSPS) is 20.0. The molecule has 1 fully saturated rings. The second-order valence-corrected chi connectivity index (χ2v) is 10.1. The molecule has 0 radical (unpaired) electrons. The van der Waals surface area contributed by atoms with Crippen LogP contribution < -0.4 is 20.1 Å². The topological polar surface area (TPSA) is 123 Å². The zero-order valence-corrected chi connectivity index (χ0v) is 18.8. The van der Waals surface area contributed by atoms with Gasteiger partial charge in [0.05, 0.1) is 11.6 Å². The minimum atomic E-state index is -3.72. The molecule has 0 saturated carbocycles. The Kier molecular flexibility index (Phi) is 6.13. The third-order valence-corrected chi connectivity index (χ3v) is 7.24. The minimum Gasteiger partial charge on any atom is -0.487 e. The Morgan fingerprint density at radius 2 is 1.83 bits per heavy atom. The molecule has 2 heterocycles. The molecule has 1 atom stereocenters. The largest absolute Gasteiger partial charge is 0.487 e. The van der Waals surface area contributed by atoms with Crippen molar-refractivity contribution in [2.24, 2.45) is 0 Å². The van der Waals surface area contributed by atoms with Gasteiger partial charge in [0.1, 0.15) is 17.4 Å². The summed E-state index contributed by atoms with van der Waals surface area (Å²) in [5, 5.41) is 5.42. The van der Waals surface area contributed by atoms with Gasteiger partial charge in [0, 0.05) is 12.0 Å². The average molecular weight is 440 g/mol. The van der Waals surface area contributed by atoms with E-state index in [1.54, 1.807) is 6.92 Å². The molecular weight excluding hydrogens is 410 g/mol. The minimum absolute atomic E-state index is 0.0564. The van der Waals surface area contributed by atoms with Crippen LogP contribution in [0.2, 0.25) is 0 Å². The van der Waals surface area contributed by atoms with Gasteiger partial charge in [0.2, 0.25) is 10.0 Å². The lowest BCUT2D eigenvalue weighted by molar-refractivity contribution is -0.135. The first kappa shape index (κ1) is 22.5. The maximum Gasteiger partial charge on any atom is 0.415 e. The molecule has 3 N–H and O–H groups in total. The number of nitrogens with one attached hydrogen (secondary N) is 3. The molecule has 1 aromatic carbocycles. The van der Waals surface area contributed by atoms with Gasteiger partial charge in [-0.3, -0.25) is 0 Å². The van der Waals surface area contributed by atoms with Crippen LogP contribution in [-0.2, 0) is 26.0 Å². The number of carbonyl (C=O) groups excluding carboxylic acids is 2. The third-order valence-electron chi connectivity index (χ3n) is 5.56. The lowest BCUT2D eigenvalue weighted by Crippen LogP contribution is -2.36. The molecule has 0 bridgehead atoms. The second kappa shape index (κ2) is 8.16. The summed E-state index contributed by atoms with van der Waals surface area (Å²) in [6.45, 7) is 10.0. The highest BCUT2D eigenvalue weighted by Crippen LogP contribution is 2.43. The van der Waals surface area contributed by atoms with E-state index in [9.17, 15) is 18.0 Å². The van der Waals surface area contributed by atoms with Crippen molar-refractivity contribution < 1.29 is 27.5 Å². The van der Waals surface area contributed by atoms with Crippen molar-refractivity contribution in [2.75, 3.05) is 13.2 Å². The highest BCUT2D eigenvalue weighted by molar-refractivity contribution is 7.89. The van der Waals surface area contributed by atoms with Crippen molar-refractivity contribution in [3.63, 3.8) is 0 Å². The standard InChI is InChI=1S/C20H29N3O6S/c1-11-12(2)17(13(3)14-9-20(4,5)29-16(11)14)30(26,27)22-10-21-8-6-7-15-18(24)28-19(25)23-15/h15,21-22H,6-10H2,1-5H3,(H,23,25)/t15-/m0/s1. The summed E-state index contributed by atoms with van der Waals surface area (Å²) >= 11 is 0. The van der Waals surface area contributed by atoms with Crippen LogP contribution in [0, 0.1) is 20.8 Å². The van der Waals surface area contributed by atoms with Crippen LogP contribution in [0.5, 0.6) is 5.75 Å². The van der Waals surface area contributed by atoms with Crippen LogP contribution >= 0.6 is 0 Å². The third kappa shape index (κ3) is 4.45. The molecule has 166 valence electrons. The summed E-state index contributed by atoms with van der Waals surface area (Å²) in [4.78, 5) is 22.7. The Balaban J connectivity index is 1.59. The molecule has 2 aliphatic heterocycles. The first-order valence-corrected chi connectivity index (χ1v) is 11.5. The molecule has 9 nitrogen and oxygen atoms in total. The predicted octanol–water partition coefficient (Wildman–Crippen LogP) is 1.57. The van der Waals surface area contributed by atoms with Gasteiger partial charge < -0.3 is 20.1 Å². The fourth-order valence-electron chi connectivity index (χ4n) is 3.97. The summed E-state index contributed by atoms with van der Waals surface area (Å²) in [5.41, 5.74) is 2.85. The van der Waals surface area contributed by atoms with Gasteiger partial charge in [-0.15, -0.1) is 0 Å². The molecular formula is C20H29N3O6S. The molecule has 10 heteroatoms. The van der Waals surface area contributed by atoms with Crippen LogP contribution in [0.3, 0.4) is 0 Å². The van der Waals surface area contributed by atoms with Gasteiger partial charge in [0.15, 0.2) is 0 Å². The molecule has 1 saturated heterocycles. The van der Waals surface area contributed by atoms with Crippen molar-refractivity contribution in [3.8, 4) is 5.75 Å². The van der Waals surface area contributed by atoms with E-state index in [-0.39, 0.29) is 12.3 Å². The lowest BCUT2D eigenvalue weighted by atomic mass is 9.94. The van der Waals surface area contributed by atoms with E-state index in [0.29, 0.717) is 36.3 Å². The highest BCUT2D eigenvalue weighted by atomic mass is 32.2. The van der Waals surface area contributed by atoms with Gasteiger partial charge in [0.25, 0.3) is 0 Å². The fraction of sp³-hybridized carbons (Fsp3) is 0.600. The van der Waals surface area contributed by atoms with Crippen LogP contribution in [0.25, 0.3) is 0 Å². The average Bonchev–Trinajstić information content (AvgIpc) is 3.14. The van der Waals surface area contributed by atoms with Crippen molar-refractivity contribution >= 4 is 22.1 Å². The molecule has 1 aromatic rings. The number of hydrogen-bond acceptors (Lipinski definition) is 7. The van der Waals surface area contributed by atoms with Crippen LogP contribution in [0.4, 0.5) is 4.79 Å². The summed E-state index contributed by atoms with van der Waals surface area (Å²) < 4.78 is 39.1. The number of fused-ring (bicyclic) bond motifs is 1. The van der Waals surface area contributed by atoms with Crippen molar-refractivity contribution in [1.29, 1.82) is 0 Å². The Hall–Kier alpha value is -2.17. The van der Waals surface area contributed by atoms with E-state index in [1.807, 2.05) is 27.7 Å². The van der Waals surface area contributed by atoms with Gasteiger partial charge in [-0.05, 0) is 70.7 Å². The number of benzene rings is 1. The number of cyclic esters (lactones) is 2. The van der Waals surface area contributed by atoms with Crippen molar-refractivity contribution in [2.45, 2.75) is 70.4 Å². The molecule has 30 heavy (non-hydrogen) atoms. The zero-order chi connectivity index (χ0) is 22.3. The number of esters is 1. The molecule has 1 amide bonds. The lowest BCUT2D eigenvalue weighted by Gasteiger charge is -2.19. The smallest absolute Gasteiger partial charge is 0.415 e. The maximum atomic E-state index is 13.0. The Morgan fingerprint density at radius 3 is 2.47 bits per heavy atom. The number of hydrogen-bond donors (Lipinski definition) is 3. The fourth-order valence-corrected chi connectivity index (χ4v) is 5.49. The number of amides is 1. The predicted molar refractivity (Wildman–Crippen MR) is 110 cm³/mol. The molecule has 0 spiro atoms. The Bertz CT molecular complexity index is 987. The van der Waals surface area contributed by atoms with E-state index in [2.05, 4.69) is 20.1 Å². The first-order valence-electron chi connectivity index (χ1n) is 9.97. The number of ether oxygens (including phenoxy) is 2. The van der Waals surface area contributed by atoms with Gasteiger partial charge >= 0.3 is 12.1 Å². The van der Waals surface area contributed by atoms with Crippen LogP contribution in [-0.4, -0.2) is 45.3 Å². The first-order chi connectivity index (χ1) is 13.9. The summed E-state index contributed by atoms with van der Waals surface area (Å²) in [6, 6.07) is -0.637. The van der Waals surface area contributed by atoms with E-state index in [4.69, 9.17) is 4.74 Å².